The zero-order chi connectivity index (χ0) is 20.3. The van der Waals surface area contributed by atoms with Crippen LogP contribution in [0, 0.1) is 17.7 Å². The summed E-state index contributed by atoms with van der Waals surface area (Å²) >= 11 is 0. The van der Waals surface area contributed by atoms with Gasteiger partial charge >= 0.3 is 0 Å². The van der Waals surface area contributed by atoms with Gasteiger partial charge in [-0.25, -0.2) is 9.97 Å². The first-order chi connectivity index (χ1) is 13.2. The van der Waals surface area contributed by atoms with Gasteiger partial charge in [-0.05, 0) is 63.1 Å². The van der Waals surface area contributed by atoms with Gasteiger partial charge in [-0.1, -0.05) is 0 Å². The van der Waals surface area contributed by atoms with Crippen LogP contribution in [0.15, 0.2) is 36.7 Å². The minimum atomic E-state index is 0.667. The van der Waals surface area contributed by atoms with Crippen molar-refractivity contribution in [1.82, 2.24) is 9.97 Å². The van der Waals surface area contributed by atoms with E-state index in [0.29, 0.717) is 19.0 Å². The minimum absolute atomic E-state index is 0.667. The Kier molecular flexibility index (Phi) is 14.6. The average Bonchev–Trinajstić information content (AvgIpc) is 2.71. The van der Waals surface area contributed by atoms with Gasteiger partial charge in [0, 0.05) is 6.21 Å². The topological polar surface area (TPSA) is 144 Å². The summed E-state index contributed by atoms with van der Waals surface area (Å²) in [6.07, 6.45) is 8.48. The van der Waals surface area contributed by atoms with Crippen molar-refractivity contribution in [2.45, 2.75) is 26.2 Å². The van der Waals surface area contributed by atoms with Crippen LogP contribution in [-0.2, 0) is 0 Å². The van der Waals surface area contributed by atoms with E-state index in [2.05, 4.69) is 21.4 Å². The highest BCUT2D eigenvalue weighted by molar-refractivity contribution is 5.76. The highest BCUT2D eigenvalue weighted by Crippen LogP contribution is 2.12. The van der Waals surface area contributed by atoms with Crippen molar-refractivity contribution in [3.63, 3.8) is 0 Å². The highest BCUT2D eigenvalue weighted by Gasteiger charge is 1.97. The normalized spacial score (nSPS) is 9.00. The Bertz CT molecular complexity index is 617. The molecule has 0 bridgehead atoms. The van der Waals surface area contributed by atoms with Crippen LogP contribution in [-0.4, -0.2) is 42.8 Å². The molecule has 0 aliphatic rings. The molecule has 27 heavy (non-hydrogen) atoms. The fraction of sp³-hybridized carbons (Fsp3) is 0.368. The first-order valence-electron chi connectivity index (χ1n) is 8.62. The van der Waals surface area contributed by atoms with E-state index in [9.17, 15) is 0 Å². The van der Waals surface area contributed by atoms with Crippen molar-refractivity contribution < 1.29 is 9.47 Å². The number of unbranched alkanes of at least 4 members (excludes halogenated alkanes) is 2. The summed E-state index contributed by atoms with van der Waals surface area (Å²) < 4.78 is 11.2. The lowest BCUT2D eigenvalue weighted by molar-refractivity contribution is 0.278. The van der Waals surface area contributed by atoms with Gasteiger partial charge in [-0.2, -0.15) is 0 Å². The largest absolute Gasteiger partial charge is 0.494 e. The molecule has 0 unspecified atom stereocenters. The first kappa shape index (κ1) is 24.0. The second-order valence-corrected chi connectivity index (χ2v) is 5.10. The Hall–Kier alpha value is -3.00. The molecule has 1 aromatic carbocycles. The van der Waals surface area contributed by atoms with E-state index in [4.69, 9.17) is 20.3 Å². The monoisotopic (exact) mass is 374 g/mol. The summed E-state index contributed by atoms with van der Waals surface area (Å²) in [4.78, 5) is 8.17. The van der Waals surface area contributed by atoms with Crippen LogP contribution in [0.4, 0.5) is 0 Å². The molecule has 0 amide bonds. The third-order valence-electron chi connectivity index (χ3n) is 3.13. The van der Waals surface area contributed by atoms with Crippen LogP contribution < -0.4 is 20.9 Å². The quantitative estimate of drug-likeness (QED) is 0.301. The molecule has 0 spiro atoms. The lowest BCUT2D eigenvalue weighted by Crippen LogP contribution is -2.01. The maximum Gasteiger partial charge on any atom is 0.155 e. The van der Waals surface area contributed by atoms with E-state index in [1.807, 2.05) is 31.2 Å². The second-order valence-electron chi connectivity index (χ2n) is 5.10. The molecule has 0 radical (unpaired) electrons. The molecule has 0 saturated heterocycles. The Labute approximate surface area is 161 Å². The predicted octanol–water partition coefficient (Wildman–Crippen LogP) is 2.54. The van der Waals surface area contributed by atoms with E-state index < -0.39 is 0 Å². The van der Waals surface area contributed by atoms with Crippen molar-refractivity contribution in [2.24, 2.45) is 11.5 Å². The summed E-state index contributed by atoms with van der Waals surface area (Å²) in [6, 6.07) is 7.53. The van der Waals surface area contributed by atoms with Crippen molar-refractivity contribution in [3.8, 4) is 11.5 Å². The smallest absolute Gasteiger partial charge is 0.155 e. The molecule has 6 N–H and O–H groups in total. The van der Waals surface area contributed by atoms with Gasteiger partial charge in [-0.15, -0.1) is 0 Å². The van der Waals surface area contributed by atoms with Crippen molar-refractivity contribution in [3.05, 3.63) is 48.0 Å². The number of ether oxygens (including phenoxy) is 2. The number of nitrogens with two attached hydrogens (primary N) is 2. The third kappa shape index (κ3) is 12.1. The average molecular weight is 374 g/mol. The Balaban J connectivity index is 0.00000123. The lowest BCUT2D eigenvalue weighted by atomic mass is 10.2. The fourth-order valence-electron chi connectivity index (χ4n) is 1.88. The minimum Gasteiger partial charge on any atom is -0.494 e. The fourth-order valence-corrected chi connectivity index (χ4v) is 1.88. The van der Waals surface area contributed by atoms with Crippen molar-refractivity contribution >= 4 is 12.6 Å². The van der Waals surface area contributed by atoms with Crippen LogP contribution in [0.1, 0.15) is 30.7 Å². The number of aromatic nitrogens is 2. The lowest BCUT2D eigenvalue weighted by Gasteiger charge is -2.07. The summed E-state index contributed by atoms with van der Waals surface area (Å²) in [6.45, 7) is 3.21. The van der Waals surface area contributed by atoms with Crippen LogP contribution in [0.5, 0.6) is 11.5 Å². The van der Waals surface area contributed by atoms with E-state index >= 15 is 0 Å². The maximum absolute atomic E-state index is 7.13. The van der Waals surface area contributed by atoms with Gasteiger partial charge in [0.2, 0.25) is 0 Å². The maximum atomic E-state index is 7.13. The number of hydrogen-bond acceptors (Lipinski definition) is 7. The van der Waals surface area contributed by atoms with Gasteiger partial charge in [-0.3, -0.25) is 5.41 Å². The van der Waals surface area contributed by atoms with E-state index in [0.717, 1.165) is 42.7 Å². The Morgan fingerprint density at radius 1 is 0.889 bits per heavy atom. The highest BCUT2D eigenvalue weighted by atomic mass is 16.5. The molecule has 0 aliphatic carbocycles. The number of nitrogens with one attached hydrogen (secondary N) is 2. The molecule has 0 aliphatic heterocycles. The number of benzene rings is 1. The molecular formula is C19H30N6O2. The number of nitrogens with zero attached hydrogens (tertiary/aromatic N) is 2. The molecule has 1 heterocycles. The molecule has 0 atom stereocenters. The zero-order valence-corrected chi connectivity index (χ0v) is 16.0. The first-order valence-corrected chi connectivity index (χ1v) is 8.62. The van der Waals surface area contributed by atoms with Gasteiger partial charge < -0.3 is 26.4 Å². The third-order valence-corrected chi connectivity index (χ3v) is 3.13. The number of rotatable bonds is 9. The Morgan fingerprint density at radius 2 is 1.37 bits per heavy atom. The van der Waals surface area contributed by atoms with E-state index in [-0.39, 0.29) is 0 Å². The summed E-state index contributed by atoms with van der Waals surface area (Å²) in [5.74, 6) is 2.31. The molecule has 148 valence electrons. The molecule has 1 aromatic heterocycles. The van der Waals surface area contributed by atoms with Crippen LogP contribution in [0.25, 0.3) is 0 Å². The molecule has 8 nitrogen and oxygen atoms in total. The molecule has 2 aromatic rings. The summed E-state index contributed by atoms with van der Waals surface area (Å²) in [7, 11) is 1.50. The van der Waals surface area contributed by atoms with Crippen LogP contribution >= 0.6 is 0 Å². The second kappa shape index (κ2) is 16.5. The van der Waals surface area contributed by atoms with Gasteiger partial charge in [0.05, 0.1) is 31.9 Å². The predicted molar refractivity (Wildman–Crippen MR) is 109 cm³/mol. The van der Waals surface area contributed by atoms with Gasteiger partial charge in [0.15, 0.2) is 5.75 Å². The SMILES string of the molecule is CN.Cc1ncc(OCCCCCOc2ccc(C=N)cc2)cn1.N=CN. The summed E-state index contributed by atoms with van der Waals surface area (Å²) in [5, 5.41) is 13.0. The number of aryl methyl sites for hydroxylation is 1. The number of hydrogen-bond donors (Lipinski definition) is 4. The molecule has 2 rings (SSSR count). The molecular weight excluding hydrogens is 344 g/mol. The van der Waals surface area contributed by atoms with Crippen molar-refractivity contribution in [1.29, 1.82) is 10.8 Å². The zero-order valence-electron chi connectivity index (χ0n) is 16.0. The van der Waals surface area contributed by atoms with Gasteiger partial charge in [0.1, 0.15) is 11.6 Å². The van der Waals surface area contributed by atoms with Gasteiger partial charge in [0.25, 0.3) is 0 Å². The summed E-state index contributed by atoms with van der Waals surface area (Å²) in [5.41, 5.74) is 9.77. The molecule has 0 fully saturated rings. The Morgan fingerprint density at radius 3 is 1.85 bits per heavy atom. The van der Waals surface area contributed by atoms with E-state index in [1.165, 1.54) is 13.3 Å². The van der Waals surface area contributed by atoms with Crippen LogP contribution in [0.3, 0.4) is 0 Å². The molecule has 8 heteroatoms. The molecule has 0 saturated carbocycles. The standard InChI is InChI=1S/C17H21N3O2.CH4N2.CH5N/c1-14-19-12-17(13-20-14)22-10-4-2-3-9-21-16-7-5-15(11-18)6-8-16;2-1-3;1-2/h5-8,11-13,18H,2-4,9-10H2,1H3;1H,(H3,2,3);2H2,1H3. The van der Waals surface area contributed by atoms with E-state index in [1.54, 1.807) is 12.4 Å². The van der Waals surface area contributed by atoms with Crippen molar-refractivity contribution in [2.75, 3.05) is 20.3 Å². The van der Waals surface area contributed by atoms with Crippen LogP contribution in [0.2, 0.25) is 0 Å².